The Balaban J connectivity index is 1.02. The fourth-order valence-electron chi connectivity index (χ4n) is 10.2. The first kappa shape index (κ1) is 37.6. The van der Waals surface area contributed by atoms with E-state index in [4.69, 9.17) is 4.42 Å². The first-order valence-corrected chi connectivity index (χ1v) is 23.2. The van der Waals surface area contributed by atoms with E-state index in [1.165, 1.54) is 69.9 Å². The smallest absolute Gasteiger partial charge is 0.145 e. The van der Waals surface area contributed by atoms with Crippen LogP contribution in [0.5, 0.6) is 0 Å². The highest BCUT2D eigenvalue weighted by Gasteiger charge is 2.31. The molecule has 12 aromatic rings. The highest BCUT2D eigenvalue weighted by atomic mass is 32.1. The third-order valence-electron chi connectivity index (χ3n) is 13.4. The number of hydrogen-bond donors (Lipinski definition) is 0. The lowest BCUT2D eigenvalue weighted by Crippen LogP contribution is -2.24. The van der Waals surface area contributed by atoms with Crippen LogP contribution in [-0.4, -0.2) is 0 Å². The first-order chi connectivity index (χ1) is 32.2. The minimum absolute atomic E-state index is 0.0322. The molecule has 0 aliphatic heterocycles. The van der Waals surface area contributed by atoms with Gasteiger partial charge in [0, 0.05) is 31.6 Å². The van der Waals surface area contributed by atoms with Crippen molar-refractivity contribution >= 4 is 82.4 Å². The van der Waals surface area contributed by atoms with Crippen LogP contribution in [0, 0.1) is 0 Å². The van der Waals surface area contributed by atoms with Gasteiger partial charge in [-0.2, -0.15) is 0 Å². The molecule has 1 atom stereocenters. The number of furan rings is 1. The van der Waals surface area contributed by atoms with Crippen molar-refractivity contribution in [2.45, 2.75) is 12.5 Å². The van der Waals surface area contributed by atoms with Crippen LogP contribution in [0.4, 0.5) is 11.4 Å². The molecule has 0 fully saturated rings. The maximum absolute atomic E-state index is 7.09. The zero-order valence-electron chi connectivity index (χ0n) is 35.5. The van der Waals surface area contributed by atoms with E-state index in [-0.39, 0.29) is 6.04 Å². The van der Waals surface area contributed by atoms with Gasteiger partial charge in [0.25, 0.3) is 0 Å². The number of anilines is 2. The summed E-state index contributed by atoms with van der Waals surface area (Å²) in [6.45, 7) is 0. The fourth-order valence-corrected chi connectivity index (χ4v) is 11.5. The Morgan fingerprint density at radius 3 is 1.78 bits per heavy atom. The molecule has 1 aliphatic rings. The molecular formula is C62H41NOS. The molecule has 13 rings (SSSR count). The van der Waals surface area contributed by atoms with E-state index in [0.717, 1.165) is 56.4 Å². The van der Waals surface area contributed by atoms with Crippen LogP contribution < -0.4 is 4.90 Å². The summed E-state index contributed by atoms with van der Waals surface area (Å²) >= 11 is 1.93. The fraction of sp³-hybridized carbons (Fsp3) is 0.0323. The summed E-state index contributed by atoms with van der Waals surface area (Å²) in [6, 6.07) is 79.6. The van der Waals surface area contributed by atoms with Gasteiger partial charge in [-0.3, -0.25) is 0 Å². The van der Waals surface area contributed by atoms with E-state index >= 15 is 0 Å². The molecule has 0 spiro atoms. The van der Waals surface area contributed by atoms with Crippen molar-refractivity contribution in [3.8, 4) is 44.5 Å². The molecular weight excluding hydrogens is 807 g/mol. The molecule has 2 nitrogen and oxygen atoms in total. The maximum atomic E-state index is 7.09. The quantitative estimate of drug-likeness (QED) is 0.149. The van der Waals surface area contributed by atoms with Crippen molar-refractivity contribution in [3.05, 3.63) is 235 Å². The number of hydrogen-bond acceptors (Lipinski definition) is 3. The van der Waals surface area contributed by atoms with Gasteiger partial charge in [-0.1, -0.05) is 182 Å². The maximum Gasteiger partial charge on any atom is 0.145 e. The van der Waals surface area contributed by atoms with E-state index in [0.29, 0.717) is 0 Å². The van der Waals surface area contributed by atoms with Gasteiger partial charge >= 0.3 is 0 Å². The van der Waals surface area contributed by atoms with Gasteiger partial charge in [0.05, 0.1) is 17.1 Å². The summed E-state index contributed by atoms with van der Waals surface area (Å²) in [7, 11) is 0. The topological polar surface area (TPSA) is 16.4 Å². The lowest BCUT2D eigenvalue weighted by molar-refractivity contribution is 0.669. The molecule has 0 bridgehead atoms. The monoisotopic (exact) mass is 847 g/mol. The SMILES string of the molecule is C1=Cc2c(sc3cc(-c4ccccc4)ccc23)C(N(c2ccc(-c3ccc4ccc5ccccc5c4c3)cc2)c2ccc(-c3ccccc3)c3oc4cc(-c5ccccc5)ccc4c23)C1. The summed E-state index contributed by atoms with van der Waals surface area (Å²) in [5, 5.41) is 8.59. The van der Waals surface area contributed by atoms with Gasteiger partial charge in [0.2, 0.25) is 0 Å². The average molecular weight is 848 g/mol. The average Bonchev–Trinajstić information content (AvgIpc) is 3.96. The molecule has 0 radical (unpaired) electrons. The second kappa shape index (κ2) is 15.4. The Morgan fingerprint density at radius 1 is 0.446 bits per heavy atom. The normalized spacial score (nSPS) is 13.6. The third kappa shape index (κ3) is 6.38. The lowest BCUT2D eigenvalue weighted by atomic mass is 9.93. The minimum atomic E-state index is 0.0322. The number of rotatable bonds is 7. The molecule has 0 N–H and O–H groups in total. The summed E-state index contributed by atoms with van der Waals surface area (Å²) in [5.74, 6) is 0. The van der Waals surface area contributed by atoms with Gasteiger partial charge < -0.3 is 9.32 Å². The zero-order valence-corrected chi connectivity index (χ0v) is 36.3. The summed E-state index contributed by atoms with van der Waals surface area (Å²) < 4.78 is 8.40. The molecule has 1 aliphatic carbocycles. The third-order valence-corrected chi connectivity index (χ3v) is 14.7. The molecule has 2 aromatic heterocycles. The molecule has 306 valence electrons. The zero-order chi connectivity index (χ0) is 42.8. The van der Waals surface area contributed by atoms with Gasteiger partial charge in [-0.05, 0) is 121 Å². The van der Waals surface area contributed by atoms with Crippen LogP contribution in [0.2, 0.25) is 0 Å². The number of fused-ring (bicyclic) bond motifs is 9. The second-order valence-electron chi connectivity index (χ2n) is 17.1. The predicted octanol–water partition coefficient (Wildman–Crippen LogP) is 18.1. The van der Waals surface area contributed by atoms with Crippen LogP contribution >= 0.6 is 11.3 Å². The van der Waals surface area contributed by atoms with Crippen LogP contribution in [0.15, 0.2) is 229 Å². The number of nitrogens with zero attached hydrogens (tertiary/aromatic N) is 1. The van der Waals surface area contributed by atoms with Crippen molar-refractivity contribution in [1.29, 1.82) is 0 Å². The summed E-state index contributed by atoms with van der Waals surface area (Å²) in [5.41, 5.74) is 14.7. The summed E-state index contributed by atoms with van der Waals surface area (Å²) in [4.78, 5) is 3.97. The number of benzene rings is 10. The van der Waals surface area contributed by atoms with E-state index in [2.05, 4.69) is 235 Å². The first-order valence-electron chi connectivity index (χ1n) is 22.4. The predicted molar refractivity (Wildman–Crippen MR) is 277 cm³/mol. The van der Waals surface area contributed by atoms with Gasteiger partial charge in [-0.15, -0.1) is 11.3 Å². The van der Waals surface area contributed by atoms with Crippen molar-refractivity contribution in [3.63, 3.8) is 0 Å². The molecule has 3 heteroatoms. The van der Waals surface area contributed by atoms with Gasteiger partial charge in [0.1, 0.15) is 11.2 Å². The van der Waals surface area contributed by atoms with Crippen molar-refractivity contribution in [2.75, 3.05) is 4.90 Å². The van der Waals surface area contributed by atoms with E-state index in [9.17, 15) is 0 Å². The van der Waals surface area contributed by atoms with Crippen molar-refractivity contribution < 1.29 is 4.42 Å². The summed E-state index contributed by atoms with van der Waals surface area (Å²) in [6.07, 6.45) is 5.59. The van der Waals surface area contributed by atoms with E-state index in [1.54, 1.807) is 0 Å². The Bertz CT molecular complexity index is 3790. The standard InChI is InChI=1S/C62H41NOS/c1-4-13-40(14-5-1)47-30-34-54-58(38-47)64-61-51(43-17-8-3-9-18-43)35-36-56(60(54)61)63(57-22-12-21-53-52-33-29-48(39-59(52)65-62(53)57)41-15-6-2-7-16-41)49-31-27-42(28-32-49)46-26-25-45-24-23-44-19-10-11-20-50(44)55(45)37-46/h1-21,23-39,57H,22H2. The Hall–Kier alpha value is -7.98. The molecule has 0 saturated carbocycles. The van der Waals surface area contributed by atoms with Crippen LogP contribution in [0.1, 0.15) is 22.9 Å². The van der Waals surface area contributed by atoms with Crippen molar-refractivity contribution in [1.82, 2.24) is 0 Å². The molecule has 0 saturated heterocycles. The van der Waals surface area contributed by atoms with Crippen LogP contribution in [0.3, 0.4) is 0 Å². The molecule has 65 heavy (non-hydrogen) atoms. The van der Waals surface area contributed by atoms with Gasteiger partial charge in [-0.25, -0.2) is 0 Å². The Labute approximate surface area is 381 Å². The van der Waals surface area contributed by atoms with E-state index < -0.39 is 0 Å². The minimum Gasteiger partial charge on any atom is -0.455 e. The van der Waals surface area contributed by atoms with Crippen molar-refractivity contribution in [2.24, 2.45) is 0 Å². The van der Waals surface area contributed by atoms with Gasteiger partial charge in [0.15, 0.2) is 0 Å². The second-order valence-corrected chi connectivity index (χ2v) is 18.2. The molecule has 0 amide bonds. The molecule has 1 unspecified atom stereocenters. The van der Waals surface area contributed by atoms with Crippen LogP contribution in [-0.2, 0) is 0 Å². The van der Waals surface area contributed by atoms with E-state index in [1.807, 2.05) is 11.3 Å². The lowest BCUT2D eigenvalue weighted by Gasteiger charge is -2.35. The Morgan fingerprint density at radius 2 is 1.03 bits per heavy atom. The largest absolute Gasteiger partial charge is 0.455 e. The molecule has 2 heterocycles. The van der Waals surface area contributed by atoms with Crippen LogP contribution in [0.25, 0.3) is 104 Å². The molecule has 10 aromatic carbocycles. The Kier molecular flexibility index (Phi) is 8.89. The highest BCUT2D eigenvalue weighted by Crippen LogP contribution is 2.51. The highest BCUT2D eigenvalue weighted by molar-refractivity contribution is 7.19. The number of thiophene rings is 1.